The molecular formula is C14H24. The molecule has 14 heavy (non-hydrogen) atoms. The zero-order valence-corrected chi connectivity index (χ0v) is 10.2. The highest BCUT2D eigenvalue weighted by molar-refractivity contribution is 5.32. The van der Waals surface area contributed by atoms with Crippen LogP contribution in [0.2, 0.25) is 0 Å². The van der Waals surface area contributed by atoms with E-state index in [1.165, 1.54) is 30.4 Å². The monoisotopic (exact) mass is 192 g/mol. The third-order valence-corrected chi connectivity index (χ3v) is 3.42. The van der Waals surface area contributed by atoms with E-state index in [1.54, 1.807) is 0 Å². The van der Waals surface area contributed by atoms with Crippen LogP contribution in [0.1, 0.15) is 53.4 Å². The van der Waals surface area contributed by atoms with E-state index in [1.807, 2.05) is 0 Å². The van der Waals surface area contributed by atoms with Gasteiger partial charge < -0.3 is 0 Å². The summed E-state index contributed by atoms with van der Waals surface area (Å²) >= 11 is 0. The van der Waals surface area contributed by atoms with Crippen molar-refractivity contribution in [3.05, 3.63) is 24.3 Å². The van der Waals surface area contributed by atoms with Crippen molar-refractivity contribution in [3.8, 4) is 0 Å². The maximum Gasteiger partial charge on any atom is 0.0113 e. The average molecular weight is 192 g/mol. The van der Waals surface area contributed by atoms with Gasteiger partial charge in [-0.25, -0.2) is 0 Å². The van der Waals surface area contributed by atoms with Crippen molar-refractivity contribution in [2.24, 2.45) is 10.8 Å². The molecule has 0 aromatic carbocycles. The summed E-state index contributed by atoms with van der Waals surface area (Å²) in [5.41, 5.74) is 3.50. The Balaban J connectivity index is 2.48. The van der Waals surface area contributed by atoms with Crippen LogP contribution in [-0.4, -0.2) is 0 Å². The average Bonchev–Trinajstić information content (AvgIpc) is 2.78. The normalized spacial score (nSPS) is 19.1. The van der Waals surface area contributed by atoms with Gasteiger partial charge in [0.05, 0.1) is 0 Å². The van der Waals surface area contributed by atoms with Gasteiger partial charge in [0, 0.05) is 5.41 Å². The van der Waals surface area contributed by atoms with E-state index >= 15 is 0 Å². The second kappa shape index (κ2) is 3.56. The first-order valence-corrected chi connectivity index (χ1v) is 5.62. The molecule has 80 valence electrons. The molecule has 0 heterocycles. The second-order valence-corrected chi connectivity index (χ2v) is 6.03. The molecule has 0 nitrogen and oxygen atoms in total. The molecule has 1 rings (SSSR count). The lowest BCUT2D eigenvalue weighted by Crippen LogP contribution is -2.10. The quantitative estimate of drug-likeness (QED) is 0.565. The van der Waals surface area contributed by atoms with Gasteiger partial charge in [0.2, 0.25) is 0 Å². The summed E-state index contributed by atoms with van der Waals surface area (Å²) in [6.07, 6.45) is 4.97. The maximum atomic E-state index is 4.25. The smallest absolute Gasteiger partial charge is 0.0113 e. The molecule has 1 aliphatic carbocycles. The summed E-state index contributed by atoms with van der Waals surface area (Å²) in [5.74, 6) is 0. The topological polar surface area (TPSA) is 0 Å². The Morgan fingerprint density at radius 1 is 1.21 bits per heavy atom. The summed E-state index contributed by atoms with van der Waals surface area (Å²) in [7, 11) is 0. The van der Waals surface area contributed by atoms with Crippen LogP contribution in [0.5, 0.6) is 0 Å². The molecule has 0 spiro atoms. The van der Waals surface area contributed by atoms with Crippen LogP contribution in [0.25, 0.3) is 0 Å². The van der Waals surface area contributed by atoms with Crippen molar-refractivity contribution in [1.82, 2.24) is 0 Å². The lowest BCUT2D eigenvalue weighted by molar-refractivity contribution is 0.371. The zero-order valence-electron chi connectivity index (χ0n) is 10.2. The van der Waals surface area contributed by atoms with Crippen molar-refractivity contribution >= 4 is 0 Å². The van der Waals surface area contributed by atoms with Gasteiger partial charge >= 0.3 is 0 Å². The first kappa shape index (κ1) is 11.6. The van der Waals surface area contributed by atoms with Crippen molar-refractivity contribution in [1.29, 1.82) is 0 Å². The van der Waals surface area contributed by atoms with Gasteiger partial charge in [0.15, 0.2) is 0 Å². The van der Waals surface area contributed by atoms with Crippen LogP contribution in [0.4, 0.5) is 0 Å². The van der Waals surface area contributed by atoms with Crippen LogP contribution >= 0.6 is 0 Å². The SMILES string of the molecule is C=C(C)C1(C(=C)CCC(C)(C)C)CC1. The number of hydrogen-bond acceptors (Lipinski definition) is 0. The molecule has 0 aromatic heterocycles. The van der Waals surface area contributed by atoms with E-state index in [0.717, 1.165) is 6.42 Å². The van der Waals surface area contributed by atoms with Gasteiger partial charge in [0.1, 0.15) is 0 Å². The molecule has 0 unspecified atom stereocenters. The van der Waals surface area contributed by atoms with Crippen molar-refractivity contribution in [2.75, 3.05) is 0 Å². The third kappa shape index (κ3) is 2.50. The summed E-state index contributed by atoms with van der Waals surface area (Å²) < 4.78 is 0. The van der Waals surface area contributed by atoms with Gasteiger partial charge in [0.25, 0.3) is 0 Å². The molecule has 0 aliphatic heterocycles. The highest BCUT2D eigenvalue weighted by atomic mass is 14.5. The third-order valence-electron chi connectivity index (χ3n) is 3.42. The Labute approximate surface area is 89.1 Å². The molecule has 1 fully saturated rings. The predicted molar refractivity (Wildman–Crippen MR) is 64.3 cm³/mol. The maximum absolute atomic E-state index is 4.25. The standard InChI is InChI=1S/C14H24/c1-11(2)14(9-10-14)12(3)7-8-13(4,5)6/h1,3,7-10H2,2,4-6H3. The lowest BCUT2D eigenvalue weighted by Gasteiger charge is -2.23. The summed E-state index contributed by atoms with van der Waals surface area (Å²) in [5, 5.41) is 0. The minimum absolute atomic E-state index is 0.339. The lowest BCUT2D eigenvalue weighted by atomic mass is 9.82. The van der Waals surface area contributed by atoms with E-state index in [0.29, 0.717) is 10.8 Å². The van der Waals surface area contributed by atoms with Crippen LogP contribution in [-0.2, 0) is 0 Å². The molecular weight excluding hydrogens is 168 g/mol. The highest BCUT2D eigenvalue weighted by Gasteiger charge is 2.45. The minimum Gasteiger partial charge on any atom is -0.0993 e. The van der Waals surface area contributed by atoms with E-state index in [9.17, 15) is 0 Å². The van der Waals surface area contributed by atoms with Crippen molar-refractivity contribution in [2.45, 2.75) is 53.4 Å². The Morgan fingerprint density at radius 3 is 2.00 bits per heavy atom. The van der Waals surface area contributed by atoms with Crippen molar-refractivity contribution in [3.63, 3.8) is 0 Å². The summed E-state index contributed by atoms with van der Waals surface area (Å²) in [6, 6.07) is 0. The van der Waals surface area contributed by atoms with Crippen LogP contribution < -0.4 is 0 Å². The molecule has 0 amide bonds. The van der Waals surface area contributed by atoms with Crippen LogP contribution in [0.15, 0.2) is 24.3 Å². The van der Waals surface area contributed by atoms with E-state index < -0.39 is 0 Å². The minimum atomic E-state index is 0.339. The molecule has 1 aliphatic rings. The Bertz CT molecular complexity index is 246. The number of allylic oxidation sites excluding steroid dienone is 2. The predicted octanol–water partition coefficient (Wildman–Crippen LogP) is 4.73. The Kier molecular flexibility index (Phi) is 2.94. The van der Waals surface area contributed by atoms with Gasteiger partial charge in [-0.2, -0.15) is 0 Å². The van der Waals surface area contributed by atoms with Gasteiger partial charge in [-0.1, -0.05) is 45.1 Å². The highest BCUT2D eigenvalue weighted by Crippen LogP contribution is 2.57. The summed E-state index contributed by atoms with van der Waals surface area (Å²) in [6.45, 7) is 17.4. The molecule has 0 atom stereocenters. The fourth-order valence-corrected chi connectivity index (χ4v) is 1.97. The van der Waals surface area contributed by atoms with Gasteiger partial charge in [-0.3, -0.25) is 0 Å². The van der Waals surface area contributed by atoms with Crippen LogP contribution in [0, 0.1) is 10.8 Å². The van der Waals surface area contributed by atoms with Gasteiger partial charge in [-0.05, 0) is 38.0 Å². The number of hydrogen-bond donors (Lipinski definition) is 0. The first-order chi connectivity index (χ1) is 6.28. The zero-order chi connectivity index (χ0) is 11.0. The molecule has 0 aromatic rings. The van der Waals surface area contributed by atoms with Crippen LogP contribution in [0.3, 0.4) is 0 Å². The van der Waals surface area contributed by atoms with E-state index in [2.05, 4.69) is 40.9 Å². The largest absolute Gasteiger partial charge is 0.0993 e. The molecule has 0 saturated heterocycles. The van der Waals surface area contributed by atoms with E-state index in [4.69, 9.17) is 0 Å². The second-order valence-electron chi connectivity index (χ2n) is 6.03. The fourth-order valence-electron chi connectivity index (χ4n) is 1.97. The molecule has 0 bridgehead atoms. The van der Waals surface area contributed by atoms with Gasteiger partial charge in [-0.15, -0.1) is 0 Å². The first-order valence-electron chi connectivity index (χ1n) is 5.62. The van der Waals surface area contributed by atoms with E-state index in [-0.39, 0.29) is 0 Å². The molecule has 0 radical (unpaired) electrons. The van der Waals surface area contributed by atoms with Crippen molar-refractivity contribution < 1.29 is 0 Å². The summed E-state index contributed by atoms with van der Waals surface area (Å²) in [4.78, 5) is 0. The Hall–Kier alpha value is -0.520. The fraction of sp³-hybridized carbons (Fsp3) is 0.714. The molecule has 0 N–H and O–H groups in total. The number of rotatable bonds is 4. The Morgan fingerprint density at radius 2 is 1.71 bits per heavy atom. The molecule has 0 heteroatoms. The molecule has 1 saturated carbocycles.